The normalized spacial score (nSPS) is 20.4. The molecule has 4 nitrogen and oxygen atoms in total. The van der Waals surface area contributed by atoms with Crippen molar-refractivity contribution in [3.05, 3.63) is 0 Å². The van der Waals surface area contributed by atoms with Gasteiger partial charge in [-0.1, -0.05) is 27.7 Å². The number of likely N-dealkylation sites (N-methyl/N-ethyl adjacent to an activating group) is 1. The summed E-state index contributed by atoms with van der Waals surface area (Å²) >= 11 is 0. The molecule has 1 fully saturated rings. The third-order valence-electron chi connectivity index (χ3n) is 3.33. The Kier molecular flexibility index (Phi) is 4.55. The summed E-state index contributed by atoms with van der Waals surface area (Å²) in [4.78, 5) is 13.9. The summed E-state index contributed by atoms with van der Waals surface area (Å²) < 4.78 is 0. The molecule has 0 unspecified atom stereocenters. The molecule has 4 heteroatoms. The molecule has 0 spiro atoms. The van der Waals surface area contributed by atoms with Gasteiger partial charge in [-0.25, -0.2) is 0 Å². The first-order chi connectivity index (χ1) is 7.78. The van der Waals surface area contributed by atoms with Crippen LogP contribution in [0, 0.1) is 5.41 Å². The van der Waals surface area contributed by atoms with E-state index < -0.39 is 5.60 Å². The molecule has 1 rings (SSSR count). The third-order valence-corrected chi connectivity index (χ3v) is 3.33. The van der Waals surface area contributed by atoms with Crippen molar-refractivity contribution in [2.45, 2.75) is 46.1 Å². The van der Waals surface area contributed by atoms with E-state index in [1.807, 2.05) is 32.6 Å². The molecule has 0 aromatic rings. The Labute approximate surface area is 104 Å². The van der Waals surface area contributed by atoms with Crippen LogP contribution < -0.4 is 5.32 Å². The van der Waals surface area contributed by atoms with Crippen LogP contribution in [0.1, 0.15) is 40.5 Å². The Hall–Kier alpha value is -0.610. The molecule has 0 aliphatic carbocycles. The first kappa shape index (κ1) is 14.5. The molecule has 1 amide bonds. The molecular formula is C13H26N2O2. The highest BCUT2D eigenvalue weighted by atomic mass is 16.3. The lowest BCUT2D eigenvalue weighted by Crippen LogP contribution is -2.53. The van der Waals surface area contributed by atoms with Gasteiger partial charge in [0.2, 0.25) is 5.91 Å². The maximum Gasteiger partial charge on any atom is 0.227 e. The monoisotopic (exact) mass is 242 g/mol. The first-order valence-electron chi connectivity index (χ1n) is 6.51. The summed E-state index contributed by atoms with van der Waals surface area (Å²) in [5.74, 6) is 0.183. The Morgan fingerprint density at radius 1 is 1.35 bits per heavy atom. The SMILES string of the molecule is CCNCC1(O)CCN(C(=O)C(C)(C)C)CC1. The second kappa shape index (κ2) is 5.36. The minimum absolute atomic E-state index is 0.183. The molecule has 100 valence electrons. The summed E-state index contributed by atoms with van der Waals surface area (Å²) in [6.07, 6.45) is 1.34. The van der Waals surface area contributed by atoms with Gasteiger partial charge in [-0.05, 0) is 19.4 Å². The van der Waals surface area contributed by atoms with Crippen LogP contribution in [0.3, 0.4) is 0 Å². The van der Waals surface area contributed by atoms with Crippen LogP contribution in [0.25, 0.3) is 0 Å². The highest BCUT2D eigenvalue weighted by Gasteiger charge is 2.36. The van der Waals surface area contributed by atoms with Crippen molar-refractivity contribution in [2.24, 2.45) is 5.41 Å². The average molecular weight is 242 g/mol. The number of likely N-dealkylation sites (tertiary alicyclic amines) is 1. The van der Waals surface area contributed by atoms with Gasteiger partial charge in [0.15, 0.2) is 0 Å². The van der Waals surface area contributed by atoms with Crippen LogP contribution in [0.4, 0.5) is 0 Å². The van der Waals surface area contributed by atoms with E-state index in [1.165, 1.54) is 0 Å². The van der Waals surface area contributed by atoms with Crippen molar-refractivity contribution in [3.8, 4) is 0 Å². The Bertz CT molecular complexity index is 263. The van der Waals surface area contributed by atoms with E-state index in [0.717, 1.165) is 6.54 Å². The van der Waals surface area contributed by atoms with Gasteiger partial charge in [-0.3, -0.25) is 4.79 Å². The van der Waals surface area contributed by atoms with Crippen molar-refractivity contribution in [3.63, 3.8) is 0 Å². The quantitative estimate of drug-likeness (QED) is 0.776. The molecule has 0 aromatic carbocycles. The number of nitrogens with zero attached hydrogens (tertiary/aromatic N) is 1. The fraction of sp³-hybridized carbons (Fsp3) is 0.923. The molecule has 0 atom stereocenters. The van der Waals surface area contributed by atoms with E-state index in [2.05, 4.69) is 5.32 Å². The van der Waals surface area contributed by atoms with Crippen molar-refractivity contribution in [1.82, 2.24) is 10.2 Å². The number of rotatable bonds is 3. The van der Waals surface area contributed by atoms with Gasteiger partial charge >= 0.3 is 0 Å². The summed E-state index contributed by atoms with van der Waals surface area (Å²) in [5, 5.41) is 13.5. The Morgan fingerprint density at radius 2 is 1.88 bits per heavy atom. The van der Waals surface area contributed by atoms with Gasteiger partial charge in [-0.2, -0.15) is 0 Å². The predicted octanol–water partition coefficient (Wildman–Crippen LogP) is 0.995. The summed E-state index contributed by atoms with van der Waals surface area (Å²) in [6.45, 7) is 10.7. The van der Waals surface area contributed by atoms with Gasteiger partial charge in [0.1, 0.15) is 0 Å². The van der Waals surface area contributed by atoms with Gasteiger partial charge in [0.05, 0.1) is 5.60 Å². The minimum atomic E-state index is -0.634. The van der Waals surface area contributed by atoms with Gasteiger partial charge in [-0.15, -0.1) is 0 Å². The fourth-order valence-corrected chi connectivity index (χ4v) is 2.13. The maximum absolute atomic E-state index is 12.1. The van der Waals surface area contributed by atoms with Gasteiger partial charge in [0, 0.05) is 25.0 Å². The Morgan fingerprint density at radius 3 is 2.29 bits per heavy atom. The largest absolute Gasteiger partial charge is 0.388 e. The molecule has 0 radical (unpaired) electrons. The number of carbonyl (C=O) groups excluding carboxylic acids is 1. The van der Waals surface area contributed by atoms with Crippen LogP contribution in [0.15, 0.2) is 0 Å². The standard InChI is InChI=1S/C13H26N2O2/c1-5-14-10-13(17)6-8-15(9-7-13)11(16)12(2,3)4/h14,17H,5-10H2,1-4H3. The van der Waals surface area contributed by atoms with Crippen LogP contribution >= 0.6 is 0 Å². The molecule has 1 heterocycles. The van der Waals surface area contributed by atoms with Crippen molar-refractivity contribution in [1.29, 1.82) is 0 Å². The molecule has 1 saturated heterocycles. The van der Waals surface area contributed by atoms with Crippen LogP contribution in [-0.2, 0) is 4.79 Å². The van der Waals surface area contributed by atoms with Crippen LogP contribution in [0.5, 0.6) is 0 Å². The molecular weight excluding hydrogens is 216 g/mol. The number of nitrogens with one attached hydrogen (secondary N) is 1. The van der Waals surface area contributed by atoms with Crippen LogP contribution in [0.2, 0.25) is 0 Å². The number of aliphatic hydroxyl groups is 1. The lowest BCUT2D eigenvalue weighted by Gasteiger charge is -2.40. The number of piperidine rings is 1. The van der Waals surface area contributed by atoms with Gasteiger partial charge < -0.3 is 15.3 Å². The second-order valence-electron chi connectivity index (χ2n) is 6.05. The molecule has 0 aromatic heterocycles. The lowest BCUT2D eigenvalue weighted by atomic mass is 9.88. The number of carbonyl (C=O) groups is 1. The number of hydrogen-bond donors (Lipinski definition) is 2. The van der Waals surface area contributed by atoms with Crippen molar-refractivity contribution < 1.29 is 9.90 Å². The smallest absolute Gasteiger partial charge is 0.227 e. The third kappa shape index (κ3) is 3.96. The number of hydrogen-bond acceptors (Lipinski definition) is 3. The molecule has 1 aliphatic rings. The van der Waals surface area contributed by atoms with E-state index in [9.17, 15) is 9.90 Å². The van der Waals surface area contributed by atoms with E-state index >= 15 is 0 Å². The number of amides is 1. The van der Waals surface area contributed by atoms with Gasteiger partial charge in [0.25, 0.3) is 0 Å². The lowest BCUT2D eigenvalue weighted by molar-refractivity contribution is -0.143. The minimum Gasteiger partial charge on any atom is -0.388 e. The topological polar surface area (TPSA) is 52.6 Å². The highest BCUT2D eigenvalue weighted by molar-refractivity contribution is 5.81. The van der Waals surface area contributed by atoms with E-state index in [4.69, 9.17) is 0 Å². The summed E-state index contributed by atoms with van der Waals surface area (Å²) in [7, 11) is 0. The molecule has 0 bridgehead atoms. The zero-order valence-electron chi connectivity index (χ0n) is 11.5. The van der Waals surface area contributed by atoms with Crippen molar-refractivity contribution in [2.75, 3.05) is 26.2 Å². The van der Waals surface area contributed by atoms with Crippen molar-refractivity contribution >= 4 is 5.91 Å². The first-order valence-corrected chi connectivity index (χ1v) is 6.51. The van der Waals surface area contributed by atoms with E-state index in [1.54, 1.807) is 0 Å². The average Bonchev–Trinajstić information content (AvgIpc) is 2.25. The maximum atomic E-state index is 12.1. The van der Waals surface area contributed by atoms with Crippen LogP contribution in [-0.4, -0.2) is 47.7 Å². The predicted molar refractivity (Wildman–Crippen MR) is 68.8 cm³/mol. The molecule has 0 saturated carbocycles. The van der Waals surface area contributed by atoms with E-state index in [-0.39, 0.29) is 11.3 Å². The summed E-state index contributed by atoms with van der Waals surface area (Å²) in [5.41, 5.74) is -0.957. The van der Waals surface area contributed by atoms with E-state index in [0.29, 0.717) is 32.5 Å². The molecule has 1 aliphatic heterocycles. The fourth-order valence-electron chi connectivity index (χ4n) is 2.13. The second-order valence-corrected chi connectivity index (χ2v) is 6.05. The zero-order valence-corrected chi connectivity index (χ0v) is 11.5. The Balaban J connectivity index is 2.48. The zero-order chi connectivity index (χ0) is 13.1. The highest BCUT2D eigenvalue weighted by Crippen LogP contribution is 2.25. The molecule has 2 N–H and O–H groups in total. The summed E-state index contributed by atoms with van der Waals surface area (Å²) in [6, 6.07) is 0. The molecule has 17 heavy (non-hydrogen) atoms.